The molecule has 0 atom stereocenters. The SMILES string of the molecule is CN1CCC(CN(C)C(N)=NO)CC1. The molecule has 0 unspecified atom stereocenters. The monoisotopic (exact) mass is 200 g/mol. The van der Waals surface area contributed by atoms with E-state index in [2.05, 4.69) is 17.1 Å². The molecular formula is C9H20N4O. The number of guanidine groups is 1. The van der Waals surface area contributed by atoms with E-state index in [9.17, 15) is 0 Å². The molecule has 0 aromatic carbocycles. The van der Waals surface area contributed by atoms with Gasteiger partial charge in [-0.25, -0.2) is 0 Å². The average Bonchev–Trinajstić information content (AvgIpc) is 2.20. The highest BCUT2D eigenvalue weighted by Crippen LogP contribution is 2.16. The Morgan fingerprint density at radius 3 is 2.64 bits per heavy atom. The van der Waals surface area contributed by atoms with Gasteiger partial charge in [-0.15, -0.1) is 0 Å². The molecule has 0 aromatic rings. The van der Waals surface area contributed by atoms with E-state index in [4.69, 9.17) is 10.9 Å². The summed E-state index contributed by atoms with van der Waals surface area (Å²) in [6.07, 6.45) is 2.39. The van der Waals surface area contributed by atoms with Crippen molar-refractivity contribution in [2.45, 2.75) is 12.8 Å². The molecule has 5 nitrogen and oxygen atoms in total. The Kier molecular flexibility index (Phi) is 4.00. The van der Waals surface area contributed by atoms with Gasteiger partial charge in [-0.3, -0.25) is 0 Å². The Morgan fingerprint density at radius 1 is 1.57 bits per heavy atom. The molecule has 0 amide bonds. The van der Waals surface area contributed by atoms with Gasteiger partial charge in [0.25, 0.3) is 0 Å². The number of rotatable bonds is 2. The lowest BCUT2D eigenvalue weighted by atomic mass is 9.97. The van der Waals surface area contributed by atoms with Crippen LogP contribution in [-0.4, -0.2) is 54.7 Å². The lowest BCUT2D eigenvalue weighted by Gasteiger charge is -2.31. The van der Waals surface area contributed by atoms with Crippen LogP contribution in [0.25, 0.3) is 0 Å². The van der Waals surface area contributed by atoms with Crippen molar-refractivity contribution in [3.8, 4) is 0 Å². The maximum absolute atomic E-state index is 8.49. The summed E-state index contributed by atoms with van der Waals surface area (Å²) in [6, 6.07) is 0. The number of nitrogens with zero attached hydrogens (tertiary/aromatic N) is 3. The summed E-state index contributed by atoms with van der Waals surface area (Å²) in [6.45, 7) is 3.17. The first-order valence-corrected chi connectivity index (χ1v) is 5.00. The number of likely N-dealkylation sites (tertiary alicyclic amines) is 1. The highest BCUT2D eigenvalue weighted by molar-refractivity contribution is 5.76. The van der Waals surface area contributed by atoms with Gasteiger partial charge in [0.1, 0.15) is 0 Å². The molecule has 5 heteroatoms. The Balaban J connectivity index is 2.31. The maximum Gasteiger partial charge on any atom is 0.233 e. The van der Waals surface area contributed by atoms with Gasteiger partial charge in [0.05, 0.1) is 0 Å². The van der Waals surface area contributed by atoms with Crippen molar-refractivity contribution in [1.29, 1.82) is 0 Å². The molecule has 0 spiro atoms. The van der Waals surface area contributed by atoms with Gasteiger partial charge in [0, 0.05) is 13.6 Å². The van der Waals surface area contributed by atoms with Crippen LogP contribution in [0.4, 0.5) is 0 Å². The Labute approximate surface area is 85.2 Å². The van der Waals surface area contributed by atoms with Crippen LogP contribution in [0.15, 0.2) is 5.16 Å². The standard InChI is InChI=1S/C9H20N4O/c1-12-5-3-8(4-6-12)7-13(2)9(10)11-14/h8,14H,3-7H2,1-2H3,(H2,10,11). The fraction of sp³-hybridized carbons (Fsp3) is 0.889. The van der Waals surface area contributed by atoms with Crippen LogP contribution in [0.5, 0.6) is 0 Å². The van der Waals surface area contributed by atoms with E-state index in [-0.39, 0.29) is 5.96 Å². The quantitative estimate of drug-likeness (QED) is 0.284. The third kappa shape index (κ3) is 3.06. The molecule has 82 valence electrons. The molecule has 1 aliphatic heterocycles. The maximum atomic E-state index is 8.49. The molecule has 3 N–H and O–H groups in total. The van der Waals surface area contributed by atoms with Crippen molar-refractivity contribution in [2.24, 2.45) is 16.8 Å². The molecular weight excluding hydrogens is 180 g/mol. The normalized spacial score (nSPS) is 21.1. The third-order valence-electron chi connectivity index (χ3n) is 2.86. The van der Waals surface area contributed by atoms with E-state index >= 15 is 0 Å². The molecule has 1 rings (SSSR count). The summed E-state index contributed by atoms with van der Waals surface area (Å²) in [5, 5.41) is 11.5. The zero-order chi connectivity index (χ0) is 10.6. The van der Waals surface area contributed by atoms with Gasteiger partial charge in [0.15, 0.2) is 0 Å². The summed E-state index contributed by atoms with van der Waals surface area (Å²) in [5.41, 5.74) is 5.48. The summed E-state index contributed by atoms with van der Waals surface area (Å²) in [7, 11) is 4.00. The zero-order valence-corrected chi connectivity index (χ0v) is 8.98. The van der Waals surface area contributed by atoms with Crippen LogP contribution in [0.2, 0.25) is 0 Å². The van der Waals surface area contributed by atoms with Gasteiger partial charge in [-0.1, -0.05) is 5.16 Å². The van der Waals surface area contributed by atoms with E-state index in [1.165, 1.54) is 12.8 Å². The van der Waals surface area contributed by atoms with Crippen molar-refractivity contribution in [2.75, 3.05) is 33.7 Å². The van der Waals surface area contributed by atoms with E-state index < -0.39 is 0 Å². The number of oxime groups is 1. The van der Waals surface area contributed by atoms with E-state index in [1.54, 1.807) is 4.90 Å². The van der Waals surface area contributed by atoms with Crippen molar-refractivity contribution >= 4 is 5.96 Å². The van der Waals surface area contributed by atoms with Crippen LogP contribution in [0.3, 0.4) is 0 Å². The number of hydrogen-bond donors (Lipinski definition) is 2. The fourth-order valence-corrected chi connectivity index (χ4v) is 1.80. The first-order chi connectivity index (χ1) is 6.63. The number of nitrogens with two attached hydrogens (primary N) is 1. The van der Waals surface area contributed by atoms with Crippen LogP contribution >= 0.6 is 0 Å². The van der Waals surface area contributed by atoms with Crippen molar-refractivity contribution in [3.63, 3.8) is 0 Å². The molecule has 1 saturated heterocycles. The molecule has 0 aliphatic carbocycles. The third-order valence-corrected chi connectivity index (χ3v) is 2.86. The fourth-order valence-electron chi connectivity index (χ4n) is 1.80. The largest absolute Gasteiger partial charge is 0.408 e. The first kappa shape index (κ1) is 11.1. The minimum Gasteiger partial charge on any atom is -0.408 e. The van der Waals surface area contributed by atoms with Gasteiger partial charge >= 0.3 is 0 Å². The van der Waals surface area contributed by atoms with Crippen molar-refractivity contribution < 1.29 is 5.21 Å². The minimum atomic E-state index is 0.198. The topological polar surface area (TPSA) is 65.1 Å². The Bertz CT molecular complexity index is 199. The van der Waals surface area contributed by atoms with E-state index in [0.29, 0.717) is 5.92 Å². The molecule has 0 aromatic heterocycles. The summed E-state index contributed by atoms with van der Waals surface area (Å²) in [5.74, 6) is 0.862. The molecule has 1 heterocycles. The van der Waals surface area contributed by atoms with Crippen LogP contribution < -0.4 is 5.73 Å². The lowest BCUT2D eigenvalue weighted by Crippen LogP contribution is -2.40. The second kappa shape index (κ2) is 5.05. The van der Waals surface area contributed by atoms with E-state index in [1.807, 2.05) is 7.05 Å². The van der Waals surface area contributed by atoms with Gasteiger partial charge in [0.2, 0.25) is 5.96 Å². The molecule has 14 heavy (non-hydrogen) atoms. The Morgan fingerprint density at radius 2 is 2.14 bits per heavy atom. The first-order valence-electron chi connectivity index (χ1n) is 5.00. The summed E-state index contributed by atoms with van der Waals surface area (Å²) < 4.78 is 0. The highest BCUT2D eigenvalue weighted by atomic mass is 16.4. The lowest BCUT2D eigenvalue weighted by molar-refractivity contribution is 0.197. The molecule has 1 aliphatic rings. The number of piperidine rings is 1. The van der Waals surface area contributed by atoms with Gasteiger partial charge in [-0.05, 0) is 38.9 Å². The minimum absolute atomic E-state index is 0.198. The van der Waals surface area contributed by atoms with Crippen LogP contribution in [-0.2, 0) is 0 Å². The Hall–Kier alpha value is -0.970. The molecule has 0 bridgehead atoms. The smallest absolute Gasteiger partial charge is 0.233 e. The summed E-state index contributed by atoms with van der Waals surface area (Å²) in [4.78, 5) is 4.13. The predicted octanol–water partition coefficient (Wildman–Crippen LogP) is -0.0361. The van der Waals surface area contributed by atoms with Crippen LogP contribution in [0.1, 0.15) is 12.8 Å². The van der Waals surface area contributed by atoms with E-state index in [0.717, 1.165) is 19.6 Å². The average molecular weight is 200 g/mol. The van der Waals surface area contributed by atoms with Crippen molar-refractivity contribution in [3.05, 3.63) is 0 Å². The van der Waals surface area contributed by atoms with Gasteiger partial charge < -0.3 is 20.7 Å². The van der Waals surface area contributed by atoms with Crippen molar-refractivity contribution in [1.82, 2.24) is 9.80 Å². The second-order valence-electron chi connectivity index (χ2n) is 4.09. The zero-order valence-electron chi connectivity index (χ0n) is 8.98. The molecule has 1 fully saturated rings. The molecule has 0 radical (unpaired) electrons. The second-order valence-corrected chi connectivity index (χ2v) is 4.09. The number of hydrogen-bond acceptors (Lipinski definition) is 3. The summed E-state index contributed by atoms with van der Waals surface area (Å²) >= 11 is 0. The highest BCUT2D eigenvalue weighted by Gasteiger charge is 2.18. The van der Waals surface area contributed by atoms with Crippen LogP contribution in [0, 0.1) is 5.92 Å². The molecule has 0 saturated carbocycles. The van der Waals surface area contributed by atoms with Gasteiger partial charge in [-0.2, -0.15) is 0 Å². The predicted molar refractivity (Wildman–Crippen MR) is 56.3 cm³/mol.